The third-order valence-electron chi connectivity index (χ3n) is 2.32. The van der Waals surface area contributed by atoms with Crippen LogP contribution in [-0.4, -0.2) is 15.0 Å². The lowest BCUT2D eigenvalue weighted by atomic mass is 10.3. The van der Waals surface area contributed by atoms with Crippen LogP contribution in [0.15, 0.2) is 23.1 Å². The summed E-state index contributed by atoms with van der Waals surface area (Å²) < 4.78 is 26.3. The minimum absolute atomic E-state index is 0.0739. The number of benzene rings is 1. The van der Waals surface area contributed by atoms with Crippen LogP contribution in [0.1, 0.15) is 26.2 Å². The summed E-state index contributed by atoms with van der Waals surface area (Å²) >= 11 is 5.85. The van der Waals surface area contributed by atoms with Gasteiger partial charge >= 0.3 is 0 Å². The van der Waals surface area contributed by atoms with E-state index in [1.165, 1.54) is 18.2 Å². The highest BCUT2D eigenvalue weighted by Crippen LogP contribution is 2.23. The van der Waals surface area contributed by atoms with E-state index in [0.29, 0.717) is 12.2 Å². The van der Waals surface area contributed by atoms with Crippen LogP contribution < -0.4 is 10.5 Å². The van der Waals surface area contributed by atoms with E-state index in [9.17, 15) is 8.42 Å². The van der Waals surface area contributed by atoms with Crippen molar-refractivity contribution in [1.29, 1.82) is 0 Å². The predicted molar refractivity (Wildman–Crippen MR) is 70.6 cm³/mol. The molecule has 1 rings (SSSR count). The maximum atomic E-state index is 11.9. The van der Waals surface area contributed by atoms with E-state index in [1.807, 2.05) is 0 Å². The average molecular weight is 277 g/mol. The number of nitrogens with two attached hydrogens (primary N) is 1. The zero-order chi connectivity index (χ0) is 12.9. The summed E-state index contributed by atoms with van der Waals surface area (Å²) in [4.78, 5) is 0.0739. The van der Waals surface area contributed by atoms with Crippen molar-refractivity contribution >= 4 is 27.3 Å². The van der Waals surface area contributed by atoms with Gasteiger partial charge in [-0.3, -0.25) is 0 Å². The summed E-state index contributed by atoms with van der Waals surface area (Å²) in [6, 6.07) is 4.37. The Bertz CT molecular complexity index is 474. The first-order valence-corrected chi connectivity index (χ1v) is 7.38. The summed E-state index contributed by atoms with van der Waals surface area (Å²) in [6.07, 6.45) is 2.87. The van der Waals surface area contributed by atoms with E-state index >= 15 is 0 Å². The first-order valence-electron chi connectivity index (χ1n) is 5.52. The molecule has 0 saturated heterocycles. The van der Waals surface area contributed by atoms with Crippen molar-refractivity contribution in [2.75, 3.05) is 12.3 Å². The minimum Gasteiger partial charge on any atom is -0.399 e. The molecule has 96 valence electrons. The van der Waals surface area contributed by atoms with Crippen molar-refractivity contribution in [3.63, 3.8) is 0 Å². The summed E-state index contributed by atoms with van der Waals surface area (Å²) in [5.41, 5.74) is 5.96. The van der Waals surface area contributed by atoms with Gasteiger partial charge in [0.05, 0.1) is 5.02 Å². The molecule has 0 unspecified atom stereocenters. The predicted octanol–water partition coefficient (Wildman–Crippen LogP) is 2.39. The Labute approximate surface area is 107 Å². The molecule has 0 spiro atoms. The van der Waals surface area contributed by atoms with E-state index in [0.717, 1.165) is 19.3 Å². The molecule has 1 aromatic carbocycles. The van der Waals surface area contributed by atoms with Crippen LogP contribution in [0.4, 0.5) is 5.69 Å². The van der Waals surface area contributed by atoms with Gasteiger partial charge in [-0.05, 0) is 24.6 Å². The lowest BCUT2D eigenvalue weighted by molar-refractivity contribution is 0.576. The molecule has 0 heterocycles. The van der Waals surface area contributed by atoms with Crippen LogP contribution in [-0.2, 0) is 10.0 Å². The third-order valence-corrected chi connectivity index (χ3v) is 4.26. The minimum atomic E-state index is -3.53. The second-order valence-corrected chi connectivity index (χ2v) is 5.94. The number of rotatable bonds is 6. The first-order chi connectivity index (χ1) is 7.97. The Hall–Kier alpha value is -0.780. The van der Waals surface area contributed by atoms with Gasteiger partial charge in [-0.25, -0.2) is 13.1 Å². The lowest BCUT2D eigenvalue weighted by Gasteiger charge is -2.08. The molecule has 0 atom stereocenters. The fourth-order valence-electron chi connectivity index (χ4n) is 1.39. The van der Waals surface area contributed by atoms with Crippen molar-refractivity contribution in [3.05, 3.63) is 23.2 Å². The maximum Gasteiger partial charge on any atom is 0.242 e. The molecular weight excluding hydrogens is 260 g/mol. The number of hydrogen-bond donors (Lipinski definition) is 2. The van der Waals surface area contributed by atoms with E-state index in [-0.39, 0.29) is 9.92 Å². The molecule has 0 bridgehead atoms. The fourth-order valence-corrected chi connectivity index (χ4v) is 3.02. The van der Waals surface area contributed by atoms with E-state index in [2.05, 4.69) is 11.6 Å². The Morgan fingerprint density at radius 3 is 2.65 bits per heavy atom. The number of nitrogen functional groups attached to an aromatic ring is 1. The third kappa shape index (κ3) is 4.18. The van der Waals surface area contributed by atoms with Crippen LogP contribution in [0.5, 0.6) is 0 Å². The molecule has 0 aliphatic carbocycles. The molecule has 3 N–H and O–H groups in total. The fraction of sp³-hybridized carbons (Fsp3) is 0.455. The summed E-state index contributed by atoms with van der Waals surface area (Å²) in [6.45, 7) is 2.49. The molecule has 17 heavy (non-hydrogen) atoms. The zero-order valence-electron chi connectivity index (χ0n) is 9.74. The first kappa shape index (κ1) is 14.3. The van der Waals surface area contributed by atoms with Crippen LogP contribution in [0.3, 0.4) is 0 Å². The van der Waals surface area contributed by atoms with Gasteiger partial charge in [0.2, 0.25) is 10.0 Å². The number of unbranched alkanes of at least 4 members (excludes halogenated alkanes) is 2. The number of hydrogen-bond acceptors (Lipinski definition) is 3. The van der Waals surface area contributed by atoms with Gasteiger partial charge in [0, 0.05) is 12.2 Å². The number of sulfonamides is 1. The Balaban J connectivity index is 2.76. The highest BCUT2D eigenvalue weighted by molar-refractivity contribution is 7.89. The van der Waals surface area contributed by atoms with Gasteiger partial charge in [-0.2, -0.15) is 0 Å². The molecular formula is C11H17ClN2O2S. The standard InChI is InChI=1S/C11H17ClN2O2S/c1-2-3-4-7-14-17(15,16)11-6-5-9(13)8-10(11)12/h5-6,8,14H,2-4,7,13H2,1H3. The van der Waals surface area contributed by atoms with Crippen molar-refractivity contribution < 1.29 is 8.42 Å². The van der Waals surface area contributed by atoms with Gasteiger partial charge in [-0.1, -0.05) is 31.4 Å². The van der Waals surface area contributed by atoms with Gasteiger partial charge in [0.25, 0.3) is 0 Å². The summed E-state index contributed by atoms with van der Waals surface area (Å²) in [5.74, 6) is 0. The van der Waals surface area contributed by atoms with Crippen LogP contribution in [0, 0.1) is 0 Å². The molecule has 0 aliphatic heterocycles. The normalized spacial score (nSPS) is 11.6. The molecule has 0 fully saturated rings. The van der Waals surface area contributed by atoms with Crippen molar-refractivity contribution in [2.45, 2.75) is 31.1 Å². The van der Waals surface area contributed by atoms with Gasteiger partial charge < -0.3 is 5.73 Å². The quantitative estimate of drug-likeness (QED) is 0.619. The van der Waals surface area contributed by atoms with E-state index in [1.54, 1.807) is 0 Å². The lowest BCUT2D eigenvalue weighted by Crippen LogP contribution is -2.25. The summed E-state index contributed by atoms with van der Waals surface area (Å²) in [7, 11) is -3.53. The zero-order valence-corrected chi connectivity index (χ0v) is 11.3. The molecule has 6 heteroatoms. The number of anilines is 1. The molecule has 0 radical (unpaired) electrons. The maximum absolute atomic E-state index is 11.9. The van der Waals surface area contributed by atoms with Crippen molar-refractivity contribution in [2.24, 2.45) is 0 Å². The van der Waals surface area contributed by atoms with E-state index in [4.69, 9.17) is 17.3 Å². The van der Waals surface area contributed by atoms with Crippen molar-refractivity contribution in [1.82, 2.24) is 4.72 Å². The topological polar surface area (TPSA) is 72.2 Å². The molecule has 0 saturated carbocycles. The number of halogens is 1. The SMILES string of the molecule is CCCCCNS(=O)(=O)c1ccc(N)cc1Cl. The largest absolute Gasteiger partial charge is 0.399 e. The smallest absolute Gasteiger partial charge is 0.242 e. The van der Waals surface area contributed by atoms with Gasteiger partial charge in [-0.15, -0.1) is 0 Å². The highest BCUT2D eigenvalue weighted by atomic mass is 35.5. The van der Waals surface area contributed by atoms with Crippen LogP contribution in [0.25, 0.3) is 0 Å². The average Bonchev–Trinajstić information content (AvgIpc) is 2.24. The molecule has 4 nitrogen and oxygen atoms in total. The second kappa shape index (κ2) is 6.23. The Morgan fingerprint density at radius 1 is 1.35 bits per heavy atom. The van der Waals surface area contributed by atoms with Gasteiger partial charge in [0.15, 0.2) is 0 Å². The summed E-state index contributed by atoms with van der Waals surface area (Å²) in [5, 5.41) is 0.146. The molecule has 0 aromatic heterocycles. The highest BCUT2D eigenvalue weighted by Gasteiger charge is 2.16. The van der Waals surface area contributed by atoms with E-state index < -0.39 is 10.0 Å². The van der Waals surface area contributed by atoms with Gasteiger partial charge in [0.1, 0.15) is 4.90 Å². The number of nitrogens with one attached hydrogen (secondary N) is 1. The monoisotopic (exact) mass is 276 g/mol. The van der Waals surface area contributed by atoms with Crippen molar-refractivity contribution in [3.8, 4) is 0 Å². The second-order valence-electron chi connectivity index (χ2n) is 3.79. The Morgan fingerprint density at radius 2 is 2.06 bits per heavy atom. The molecule has 0 amide bonds. The Kier molecular flexibility index (Phi) is 5.24. The van der Waals surface area contributed by atoms with Crippen LogP contribution in [0.2, 0.25) is 5.02 Å². The van der Waals surface area contributed by atoms with Crippen LogP contribution >= 0.6 is 11.6 Å². The molecule has 1 aromatic rings. The molecule has 0 aliphatic rings.